The Morgan fingerprint density at radius 2 is 2.00 bits per heavy atom. The number of likely N-dealkylation sites (tertiary alicyclic amines) is 1. The van der Waals surface area contributed by atoms with Crippen LogP contribution in [0.5, 0.6) is 0 Å². The van der Waals surface area contributed by atoms with Gasteiger partial charge in [0.15, 0.2) is 0 Å². The molecule has 4 rings (SSSR count). The van der Waals surface area contributed by atoms with E-state index in [0.29, 0.717) is 50.6 Å². The number of nitrogens with zero attached hydrogens (tertiary/aromatic N) is 2. The fraction of sp³-hybridized carbons (Fsp3) is 0.895. The number of methoxy groups -OCH3 is 1. The molecule has 0 radical (unpaired) electrons. The molecule has 0 bridgehead atoms. The van der Waals surface area contributed by atoms with Crippen molar-refractivity contribution in [3.05, 3.63) is 0 Å². The van der Waals surface area contributed by atoms with Gasteiger partial charge in [-0.2, -0.15) is 0 Å². The summed E-state index contributed by atoms with van der Waals surface area (Å²) < 4.78 is 11.2. The molecule has 146 valence electrons. The molecule has 0 aromatic carbocycles. The standard InChI is InChI=1S/C19H31N3O4/c1-13-7-15(13)18(24)22-11-19(12-22)10-21(8-14-3-4-14)16(9-26-19)17(23)20-5-6-25-2/h13-16H,3-12H2,1-2H3,(H,20,23)/t13-,15-,16-/m0/s1. The van der Waals surface area contributed by atoms with Gasteiger partial charge in [0.25, 0.3) is 0 Å². The molecule has 7 heteroatoms. The Bertz CT molecular complexity index is 559. The van der Waals surface area contributed by atoms with Crippen molar-refractivity contribution in [3.8, 4) is 0 Å². The van der Waals surface area contributed by atoms with Gasteiger partial charge in [-0.1, -0.05) is 6.92 Å². The highest BCUT2D eigenvalue weighted by Gasteiger charge is 2.55. The molecule has 2 amide bonds. The molecule has 4 fully saturated rings. The van der Waals surface area contributed by atoms with Gasteiger partial charge in [-0.05, 0) is 31.1 Å². The zero-order valence-corrected chi connectivity index (χ0v) is 15.9. The SMILES string of the molecule is COCCNC(=O)[C@@H]1COC2(CN(C(=O)[C@H]3C[C@@H]3C)C2)CN1CC1CC1. The first-order chi connectivity index (χ1) is 12.5. The van der Waals surface area contributed by atoms with E-state index in [1.807, 2.05) is 4.90 Å². The molecule has 2 saturated heterocycles. The molecule has 2 aliphatic carbocycles. The number of morpholine rings is 1. The molecule has 1 spiro atoms. The lowest BCUT2D eigenvalue weighted by atomic mass is 9.89. The lowest BCUT2D eigenvalue weighted by molar-refractivity contribution is -0.205. The van der Waals surface area contributed by atoms with E-state index in [4.69, 9.17) is 9.47 Å². The van der Waals surface area contributed by atoms with Gasteiger partial charge in [0.1, 0.15) is 11.6 Å². The fourth-order valence-electron chi connectivity index (χ4n) is 4.24. The summed E-state index contributed by atoms with van der Waals surface area (Å²) in [4.78, 5) is 29.2. The van der Waals surface area contributed by atoms with E-state index in [1.54, 1.807) is 7.11 Å². The summed E-state index contributed by atoms with van der Waals surface area (Å²) in [6.45, 7) is 6.64. The summed E-state index contributed by atoms with van der Waals surface area (Å²) in [6.07, 6.45) is 3.54. The second-order valence-electron chi connectivity index (χ2n) is 8.68. The third-order valence-electron chi connectivity index (χ3n) is 6.27. The van der Waals surface area contributed by atoms with E-state index < -0.39 is 0 Å². The molecule has 2 aliphatic heterocycles. The van der Waals surface area contributed by atoms with Crippen LogP contribution in [0.2, 0.25) is 0 Å². The van der Waals surface area contributed by atoms with Gasteiger partial charge in [-0.15, -0.1) is 0 Å². The van der Waals surface area contributed by atoms with Crippen molar-refractivity contribution < 1.29 is 19.1 Å². The van der Waals surface area contributed by atoms with Gasteiger partial charge in [0, 0.05) is 32.7 Å². The smallest absolute Gasteiger partial charge is 0.239 e. The zero-order valence-electron chi connectivity index (χ0n) is 15.9. The van der Waals surface area contributed by atoms with Crippen molar-refractivity contribution in [3.63, 3.8) is 0 Å². The van der Waals surface area contributed by atoms with Crippen LogP contribution in [0.25, 0.3) is 0 Å². The Balaban J connectivity index is 1.33. The number of hydrogen-bond donors (Lipinski definition) is 1. The maximum Gasteiger partial charge on any atom is 0.239 e. The Morgan fingerprint density at radius 1 is 1.27 bits per heavy atom. The van der Waals surface area contributed by atoms with Crippen molar-refractivity contribution in [2.45, 2.75) is 37.8 Å². The molecular weight excluding hydrogens is 334 g/mol. The number of rotatable bonds is 7. The molecule has 3 atom stereocenters. The molecule has 0 aromatic heterocycles. The lowest BCUT2D eigenvalue weighted by Gasteiger charge is -2.55. The lowest BCUT2D eigenvalue weighted by Crippen LogP contribution is -2.74. The van der Waals surface area contributed by atoms with E-state index in [1.165, 1.54) is 12.8 Å². The van der Waals surface area contributed by atoms with E-state index >= 15 is 0 Å². The van der Waals surface area contributed by atoms with Gasteiger partial charge >= 0.3 is 0 Å². The molecule has 7 nitrogen and oxygen atoms in total. The second-order valence-corrected chi connectivity index (χ2v) is 8.68. The van der Waals surface area contributed by atoms with E-state index in [9.17, 15) is 9.59 Å². The van der Waals surface area contributed by atoms with Crippen molar-refractivity contribution in [2.75, 3.05) is 53.0 Å². The first-order valence-electron chi connectivity index (χ1n) is 9.95. The summed E-state index contributed by atoms with van der Waals surface area (Å²) >= 11 is 0. The fourth-order valence-corrected chi connectivity index (χ4v) is 4.24. The van der Waals surface area contributed by atoms with Gasteiger partial charge in [-0.25, -0.2) is 0 Å². The minimum Gasteiger partial charge on any atom is -0.383 e. The summed E-state index contributed by atoms with van der Waals surface area (Å²) in [5, 5.41) is 2.95. The van der Waals surface area contributed by atoms with Gasteiger partial charge in [0.05, 0.1) is 26.3 Å². The molecule has 4 aliphatic rings. The van der Waals surface area contributed by atoms with Crippen LogP contribution >= 0.6 is 0 Å². The summed E-state index contributed by atoms with van der Waals surface area (Å²) in [6, 6.07) is -0.230. The van der Waals surface area contributed by atoms with Crippen molar-refractivity contribution >= 4 is 11.8 Å². The average molecular weight is 365 g/mol. The maximum atomic E-state index is 12.6. The number of amides is 2. The normalized spacial score (nSPS) is 33.0. The number of hydrogen-bond acceptors (Lipinski definition) is 5. The highest BCUT2D eigenvalue weighted by atomic mass is 16.5. The van der Waals surface area contributed by atoms with Crippen LogP contribution in [0.15, 0.2) is 0 Å². The number of carbonyl (C=O) groups excluding carboxylic acids is 2. The highest BCUT2D eigenvalue weighted by Crippen LogP contribution is 2.42. The summed E-state index contributed by atoms with van der Waals surface area (Å²) in [7, 11) is 1.63. The number of nitrogens with one attached hydrogen (secondary N) is 1. The monoisotopic (exact) mass is 365 g/mol. The van der Waals surface area contributed by atoms with Gasteiger partial charge < -0.3 is 19.7 Å². The predicted molar refractivity (Wildman–Crippen MR) is 95.5 cm³/mol. The van der Waals surface area contributed by atoms with Crippen molar-refractivity contribution in [1.29, 1.82) is 0 Å². The van der Waals surface area contributed by atoms with E-state index in [2.05, 4.69) is 17.1 Å². The van der Waals surface area contributed by atoms with E-state index in [0.717, 1.165) is 19.5 Å². The second kappa shape index (κ2) is 7.09. The third kappa shape index (κ3) is 3.75. The third-order valence-corrected chi connectivity index (χ3v) is 6.27. The van der Waals surface area contributed by atoms with Crippen LogP contribution in [0.1, 0.15) is 26.2 Å². The molecule has 0 unspecified atom stereocenters. The molecule has 0 aromatic rings. The molecule has 2 heterocycles. The minimum atomic E-state index is -0.272. The Hall–Kier alpha value is -1.18. The average Bonchev–Trinajstić information content (AvgIpc) is 3.50. The predicted octanol–water partition coefficient (Wildman–Crippen LogP) is 0.0968. The summed E-state index contributed by atoms with van der Waals surface area (Å²) in [5.41, 5.74) is -0.272. The van der Waals surface area contributed by atoms with E-state index in [-0.39, 0.29) is 23.5 Å². The Morgan fingerprint density at radius 3 is 2.62 bits per heavy atom. The van der Waals surface area contributed by atoms with Gasteiger partial charge in [0.2, 0.25) is 11.8 Å². The number of carbonyl (C=O) groups is 2. The van der Waals surface area contributed by atoms with Gasteiger partial charge in [-0.3, -0.25) is 14.5 Å². The van der Waals surface area contributed by atoms with Crippen LogP contribution in [0.4, 0.5) is 0 Å². The Labute approximate surface area is 155 Å². The zero-order chi connectivity index (χ0) is 18.3. The van der Waals surface area contributed by atoms with Crippen LogP contribution in [0.3, 0.4) is 0 Å². The minimum absolute atomic E-state index is 0.0246. The molecule has 2 saturated carbocycles. The quantitative estimate of drug-likeness (QED) is 0.648. The molecule has 1 N–H and O–H groups in total. The van der Waals surface area contributed by atoms with Crippen LogP contribution in [0, 0.1) is 17.8 Å². The number of ether oxygens (including phenoxy) is 2. The topological polar surface area (TPSA) is 71.1 Å². The van der Waals surface area contributed by atoms with Crippen molar-refractivity contribution in [1.82, 2.24) is 15.1 Å². The molecular formula is C19H31N3O4. The first kappa shape index (κ1) is 18.2. The van der Waals surface area contributed by atoms with Crippen LogP contribution < -0.4 is 5.32 Å². The summed E-state index contributed by atoms with van der Waals surface area (Å²) in [5.74, 6) is 1.80. The van der Waals surface area contributed by atoms with Crippen molar-refractivity contribution in [2.24, 2.45) is 17.8 Å². The Kier molecular flexibility index (Phi) is 4.96. The molecule has 26 heavy (non-hydrogen) atoms. The first-order valence-corrected chi connectivity index (χ1v) is 9.95. The van der Waals surface area contributed by atoms with Crippen LogP contribution in [-0.2, 0) is 19.1 Å². The maximum absolute atomic E-state index is 12.6. The highest BCUT2D eigenvalue weighted by molar-refractivity contribution is 5.83. The van der Waals surface area contributed by atoms with Crippen LogP contribution in [-0.4, -0.2) is 86.3 Å². The largest absolute Gasteiger partial charge is 0.383 e.